The standard InChI is InChI=1S/C30H38N8O3/c1-7-13-37-27(39)22-19-31-29(32-21-11-12-23(20(2)18-21)36-16-14-35(5)15-17-36)34-26(22)38(37)25-10-8-9-24(33-25)30(3,4)28(40)41-6/h7,9,11-12,18-19H,1,8,10,13-17H2,2-6H3,(H,31,32,34). The average molecular weight is 559 g/mol. The Morgan fingerprint density at radius 3 is 2.66 bits per heavy atom. The topological polar surface area (TPSA) is 110 Å². The fourth-order valence-electron chi connectivity index (χ4n) is 5.39. The highest BCUT2D eigenvalue weighted by Crippen LogP contribution is 2.32. The lowest BCUT2D eigenvalue weighted by Crippen LogP contribution is -2.44. The first-order valence-electron chi connectivity index (χ1n) is 13.9. The third kappa shape index (κ3) is 5.41. The molecule has 1 saturated heterocycles. The Morgan fingerprint density at radius 2 is 1.98 bits per heavy atom. The van der Waals surface area contributed by atoms with E-state index in [1.165, 1.54) is 18.4 Å². The summed E-state index contributed by atoms with van der Waals surface area (Å²) in [6.07, 6.45) is 6.38. The number of anilines is 3. The number of aromatic nitrogens is 4. The van der Waals surface area contributed by atoms with E-state index in [0.717, 1.165) is 31.9 Å². The van der Waals surface area contributed by atoms with Crippen LogP contribution in [0, 0.1) is 12.3 Å². The van der Waals surface area contributed by atoms with Crippen molar-refractivity contribution in [2.24, 2.45) is 10.4 Å². The second kappa shape index (κ2) is 11.3. The maximum atomic E-state index is 13.4. The van der Waals surface area contributed by atoms with Crippen molar-refractivity contribution in [1.29, 1.82) is 0 Å². The number of hydrogen-bond donors (Lipinski definition) is 1. The van der Waals surface area contributed by atoms with Gasteiger partial charge in [0.1, 0.15) is 16.6 Å². The van der Waals surface area contributed by atoms with Gasteiger partial charge in [-0.1, -0.05) is 12.2 Å². The summed E-state index contributed by atoms with van der Waals surface area (Å²) in [5.74, 6) is 0.610. The Kier molecular flexibility index (Phi) is 7.81. The normalized spacial score (nSPS) is 16.4. The van der Waals surface area contributed by atoms with Crippen LogP contribution in [0.3, 0.4) is 0 Å². The van der Waals surface area contributed by atoms with Crippen LogP contribution < -0.4 is 15.8 Å². The number of methoxy groups -OCH3 is 1. The molecule has 1 fully saturated rings. The van der Waals surface area contributed by atoms with Crippen molar-refractivity contribution in [2.45, 2.75) is 40.2 Å². The SMILES string of the molecule is C=CCn1c(=O)c2cnc(Nc3ccc(N4CCN(C)CC4)c(C)c3)nc2n1C1=NC(C(C)(C)C(=O)OC)=CCC1. The van der Waals surface area contributed by atoms with Crippen LogP contribution in [0.25, 0.3) is 11.0 Å². The van der Waals surface area contributed by atoms with Gasteiger partial charge >= 0.3 is 5.97 Å². The number of carbonyl (C=O) groups is 1. The summed E-state index contributed by atoms with van der Waals surface area (Å²) in [4.78, 5) is 44.7. The lowest BCUT2D eigenvalue weighted by atomic mass is 9.87. The maximum Gasteiger partial charge on any atom is 0.317 e. The number of rotatable bonds is 7. The van der Waals surface area contributed by atoms with E-state index in [-0.39, 0.29) is 18.1 Å². The Balaban J connectivity index is 1.51. The van der Waals surface area contributed by atoms with Crippen LogP contribution >= 0.6 is 0 Å². The largest absolute Gasteiger partial charge is 0.468 e. The molecule has 0 radical (unpaired) electrons. The molecule has 1 N–H and O–H groups in total. The van der Waals surface area contributed by atoms with Crippen LogP contribution in [-0.4, -0.2) is 76.4 Å². The van der Waals surface area contributed by atoms with Gasteiger partial charge in [0.25, 0.3) is 5.56 Å². The van der Waals surface area contributed by atoms with E-state index in [0.29, 0.717) is 41.4 Å². The number of aliphatic imine (C=N–C) groups is 1. The zero-order valence-corrected chi connectivity index (χ0v) is 24.5. The van der Waals surface area contributed by atoms with Gasteiger partial charge in [-0.3, -0.25) is 9.59 Å². The van der Waals surface area contributed by atoms with Crippen molar-refractivity contribution in [3.63, 3.8) is 0 Å². The first-order chi connectivity index (χ1) is 19.6. The Morgan fingerprint density at radius 1 is 1.22 bits per heavy atom. The number of hydrogen-bond acceptors (Lipinski definition) is 9. The number of likely N-dealkylation sites (N-methyl/N-ethyl adjacent to an activating group) is 1. The number of carbonyl (C=O) groups excluding carboxylic acids is 1. The molecule has 0 saturated carbocycles. The van der Waals surface area contributed by atoms with E-state index >= 15 is 0 Å². The molecule has 3 aromatic rings. The van der Waals surface area contributed by atoms with E-state index in [2.05, 4.69) is 52.8 Å². The molecule has 4 heterocycles. The Hall–Kier alpha value is -4.25. The molecular weight excluding hydrogens is 520 g/mol. The molecule has 41 heavy (non-hydrogen) atoms. The predicted octanol–water partition coefficient (Wildman–Crippen LogP) is 3.71. The average Bonchev–Trinajstić information content (AvgIpc) is 3.24. The van der Waals surface area contributed by atoms with Crippen LogP contribution in [0.15, 0.2) is 58.6 Å². The van der Waals surface area contributed by atoms with Crippen molar-refractivity contribution in [3.05, 3.63) is 64.7 Å². The van der Waals surface area contributed by atoms with Gasteiger partial charge in [-0.05, 0) is 58.0 Å². The van der Waals surface area contributed by atoms with Gasteiger partial charge in [0, 0.05) is 50.2 Å². The summed E-state index contributed by atoms with van der Waals surface area (Å²) in [5, 5.41) is 3.69. The molecule has 11 nitrogen and oxygen atoms in total. The molecular formula is C30H38N8O3. The van der Waals surface area contributed by atoms with Gasteiger partial charge in [-0.15, -0.1) is 6.58 Å². The number of nitrogens with one attached hydrogen (secondary N) is 1. The smallest absolute Gasteiger partial charge is 0.317 e. The molecule has 0 spiro atoms. The summed E-state index contributed by atoms with van der Waals surface area (Å²) < 4.78 is 8.30. The molecule has 5 rings (SSSR count). The molecule has 1 aromatic carbocycles. The zero-order chi connectivity index (χ0) is 29.3. The van der Waals surface area contributed by atoms with Gasteiger partial charge in [0.15, 0.2) is 5.65 Å². The number of fused-ring (bicyclic) bond motifs is 1. The van der Waals surface area contributed by atoms with E-state index in [1.807, 2.05) is 12.1 Å². The molecule has 216 valence electrons. The van der Waals surface area contributed by atoms with Crippen molar-refractivity contribution in [1.82, 2.24) is 24.2 Å². The number of ether oxygens (including phenoxy) is 1. The quantitative estimate of drug-likeness (QED) is 0.345. The molecule has 11 heteroatoms. The highest BCUT2D eigenvalue weighted by Gasteiger charge is 2.35. The van der Waals surface area contributed by atoms with Gasteiger partial charge in [-0.2, -0.15) is 4.98 Å². The third-order valence-electron chi connectivity index (χ3n) is 7.81. The molecule has 0 atom stereocenters. The number of allylic oxidation sites excluding steroid dienone is 2. The van der Waals surface area contributed by atoms with E-state index in [4.69, 9.17) is 14.7 Å². The van der Waals surface area contributed by atoms with Crippen LogP contribution in [0.1, 0.15) is 32.3 Å². The zero-order valence-electron chi connectivity index (χ0n) is 24.5. The number of esters is 1. The number of benzene rings is 1. The van der Waals surface area contributed by atoms with E-state index in [9.17, 15) is 9.59 Å². The highest BCUT2D eigenvalue weighted by molar-refractivity contribution is 5.94. The second-order valence-corrected chi connectivity index (χ2v) is 11.1. The van der Waals surface area contributed by atoms with E-state index < -0.39 is 5.41 Å². The summed E-state index contributed by atoms with van der Waals surface area (Å²) >= 11 is 0. The Bertz CT molecular complexity index is 1610. The summed E-state index contributed by atoms with van der Waals surface area (Å²) in [6, 6.07) is 6.25. The lowest BCUT2D eigenvalue weighted by Gasteiger charge is -2.35. The fourth-order valence-corrected chi connectivity index (χ4v) is 5.39. The molecule has 2 aliphatic rings. The molecule has 0 aliphatic carbocycles. The van der Waals surface area contributed by atoms with Gasteiger partial charge in [0.05, 0.1) is 19.4 Å². The number of piperazine rings is 1. The van der Waals surface area contributed by atoms with Crippen LogP contribution in [-0.2, 0) is 16.1 Å². The fraction of sp³-hybridized carbons (Fsp3) is 0.433. The minimum atomic E-state index is -0.942. The van der Waals surface area contributed by atoms with Crippen LogP contribution in [0.4, 0.5) is 17.3 Å². The summed E-state index contributed by atoms with van der Waals surface area (Å²) in [5.41, 5.74) is 3.11. The highest BCUT2D eigenvalue weighted by atomic mass is 16.5. The number of nitrogens with zero attached hydrogens (tertiary/aromatic N) is 7. The first kappa shape index (κ1) is 28.3. The van der Waals surface area contributed by atoms with Crippen molar-refractivity contribution < 1.29 is 9.53 Å². The van der Waals surface area contributed by atoms with E-state index in [1.54, 1.807) is 35.5 Å². The number of aryl methyl sites for hydroxylation is 1. The maximum absolute atomic E-state index is 13.4. The van der Waals surface area contributed by atoms with Gasteiger partial charge in [-0.25, -0.2) is 19.3 Å². The van der Waals surface area contributed by atoms with Gasteiger partial charge in [0.2, 0.25) is 5.95 Å². The van der Waals surface area contributed by atoms with Crippen molar-refractivity contribution in [2.75, 3.05) is 50.6 Å². The van der Waals surface area contributed by atoms with Crippen molar-refractivity contribution >= 4 is 40.2 Å². The monoisotopic (exact) mass is 558 g/mol. The molecule has 0 unspecified atom stereocenters. The minimum Gasteiger partial charge on any atom is -0.468 e. The summed E-state index contributed by atoms with van der Waals surface area (Å²) in [7, 11) is 3.52. The summed E-state index contributed by atoms with van der Waals surface area (Å²) in [6.45, 7) is 13.9. The molecule has 2 aliphatic heterocycles. The third-order valence-corrected chi connectivity index (χ3v) is 7.81. The van der Waals surface area contributed by atoms with Crippen LogP contribution in [0.5, 0.6) is 0 Å². The van der Waals surface area contributed by atoms with Crippen LogP contribution in [0.2, 0.25) is 0 Å². The molecule has 0 amide bonds. The first-order valence-corrected chi connectivity index (χ1v) is 13.9. The molecule has 2 aromatic heterocycles. The lowest BCUT2D eigenvalue weighted by molar-refractivity contribution is -0.148. The minimum absolute atomic E-state index is 0.232. The predicted molar refractivity (Wildman–Crippen MR) is 162 cm³/mol. The molecule has 0 bridgehead atoms. The Labute approximate surface area is 239 Å². The van der Waals surface area contributed by atoms with Gasteiger partial charge < -0.3 is 19.9 Å². The van der Waals surface area contributed by atoms with Crippen molar-refractivity contribution in [3.8, 4) is 0 Å². The second-order valence-electron chi connectivity index (χ2n) is 11.1.